The summed E-state index contributed by atoms with van der Waals surface area (Å²) in [5.41, 5.74) is 6.89. The van der Waals surface area contributed by atoms with Crippen molar-refractivity contribution in [3.8, 4) is 0 Å². The summed E-state index contributed by atoms with van der Waals surface area (Å²) in [7, 11) is 0. The SMILES string of the molecule is CC1(C)CCCC(CN)(NC2CCCC2)CC1. The molecule has 2 heteroatoms. The zero-order valence-corrected chi connectivity index (χ0v) is 11.7. The van der Waals surface area contributed by atoms with Gasteiger partial charge in [-0.25, -0.2) is 0 Å². The lowest BCUT2D eigenvalue weighted by Crippen LogP contribution is -2.54. The van der Waals surface area contributed by atoms with E-state index in [0.717, 1.165) is 12.6 Å². The van der Waals surface area contributed by atoms with E-state index in [1.165, 1.54) is 57.8 Å². The molecule has 0 saturated heterocycles. The quantitative estimate of drug-likeness (QED) is 0.741. The molecule has 0 aromatic heterocycles. The summed E-state index contributed by atoms with van der Waals surface area (Å²) in [4.78, 5) is 0. The topological polar surface area (TPSA) is 38.0 Å². The third-order valence-corrected chi connectivity index (χ3v) is 5.05. The average molecular weight is 238 g/mol. The van der Waals surface area contributed by atoms with E-state index in [1.54, 1.807) is 0 Å². The van der Waals surface area contributed by atoms with Crippen molar-refractivity contribution in [2.75, 3.05) is 6.54 Å². The van der Waals surface area contributed by atoms with Crippen molar-refractivity contribution >= 4 is 0 Å². The van der Waals surface area contributed by atoms with Crippen molar-refractivity contribution in [3.63, 3.8) is 0 Å². The van der Waals surface area contributed by atoms with Crippen LogP contribution in [0.2, 0.25) is 0 Å². The maximum atomic E-state index is 6.11. The number of nitrogens with one attached hydrogen (secondary N) is 1. The summed E-state index contributed by atoms with van der Waals surface area (Å²) in [5.74, 6) is 0. The second kappa shape index (κ2) is 5.27. The Morgan fingerprint density at radius 2 is 1.71 bits per heavy atom. The Balaban J connectivity index is 1.97. The first-order valence-electron chi connectivity index (χ1n) is 7.53. The third kappa shape index (κ3) is 3.45. The predicted molar refractivity (Wildman–Crippen MR) is 74.0 cm³/mol. The molecular weight excluding hydrogens is 208 g/mol. The van der Waals surface area contributed by atoms with Crippen molar-refractivity contribution in [2.24, 2.45) is 11.1 Å². The first-order valence-corrected chi connectivity index (χ1v) is 7.53. The molecule has 2 aliphatic rings. The van der Waals surface area contributed by atoms with Crippen LogP contribution in [0, 0.1) is 5.41 Å². The van der Waals surface area contributed by atoms with Gasteiger partial charge in [-0.15, -0.1) is 0 Å². The molecule has 0 aromatic carbocycles. The van der Waals surface area contributed by atoms with E-state index in [2.05, 4.69) is 19.2 Å². The van der Waals surface area contributed by atoms with Crippen molar-refractivity contribution in [1.82, 2.24) is 5.32 Å². The average Bonchev–Trinajstić information content (AvgIpc) is 2.73. The van der Waals surface area contributed by atoms with E-state index in [4.69, 9.17) is 5.73 Å². The van der Waals surface area contributed by atoms with Gasteiger partial charge >= 0.3 is 0 Å². The van der Waals surface area contributed by atoms with Gasteiger partial charge in [0.05, 0.1) is 0 Å². The normalized spacial score (nSPS) is 34.8. The van der Waals surface area contributed by atoms with Crippen LogP contribution in [-0.2, 0) is 0 Å². The van der Waals surface area contributed by atoms with Gasteiger partial charge in [0.2, 0.25) is 0 Å². The second-order valence-electron chi connectivity index (χ2n) is 7.13. The monoisotopic (exact) mass is 238 g/mol. The highest BCUT2D eigenvalue weighted by Gasteiger charge is 2.36. The zero-order chi connectivity index (χ0) is 12.4. The highest BCUT2D eigenvalue weighted by Crippen LogP contribution is 2.38. The molecule has 0 bridgehead atoms. The molecule has 2 fully saturated rings. The van der Waals surface area contributed by atoms with Gasteiger partial charge in [0, 0.05) is 18.1 Å². The maximum Gasteiger partial charge on any atom is 0.0306 e. The summed E-state index contributed by atoms with van der Waals surface area (Å²) in [6.45, 7) is 5.64. The molecule has 2 nitrogen and oxygen atoms in total. The van der Waals surface area contributed by atoms with E-state index in [-0.39, 0.29) is 5.54 Å². The Morgan fingerprint density at radius 1 is 1.00 bits per heavy atom. The summed E-state index contributed by atoms with van der Waals surface area (Å²) in [5, 5.41) is 3.93. The minimum atomic E-state index is 0.253. The van der Waals surface area contributed by atoms with Gasteiger partial charge in [0.25, 0.3) is 0 Å². The molecule has 100 valence electrons. The largest absolute Gasteiger partial charge is 0.329 e. The Morgan fingerprint density at radius 3 is 2.35 bits per heavy atom. The van der Waals surface area contributed by atoms with Crippen molar-refractivity contribution in [1.29, 1.82) is 0 Å². The third-order valence-electron chi connectivity index (χ3n) is 5.05. The second-order valence-corrected chi connectivity index (χ2v) is 7.13. The van der Waals surface area contributed by atoms with Crippen LogP contribution < -0.4 is 11.1 Å². The smallest absolute Gasteiger partial charge is 0.0306 e. The van der Waals surface area contributed by atoms with Gasteiger partial charge in [0.1, 0.15) is 0 Å². The highest BCUT2D eigenvalue weighted by atomic mass is 15.0. The minimum Gasteiger partial charge on any atom is -0.329 e. The standard InChI is InChI=1S/C15H30N2/c1-14(2)8-5-9-15(12-16,11-10-14)17-13-6-3-4-7-13/h13,17H,3-12,16H2,1-2H3. The number of rotatable bonds is 3. The van der Waals surface area contributed by atoms with Crippen LogP contribution in [0.15, 0.2) is 0 Å². The molecular formula is C15H30N2. The van der Waals surface area contributed by atoms with Gasteiger partial charge in [-0.3, -0.25) is 0 Å². The molecule has 0 spiro atoms. The lowest BCUT2D eigenvalue weighted by Gasteiger charge is -2.36. The predicted octanol–water partition coefficient (Wildman–Crippen LogP) is 3.21. The van der Waals surface area contributed by atoms with Crippen molar-refractivity contribution in [3.05, 3.63) is 0 Å². The maximum absolute atomic E-state index is 6.11. The van der Waals surface area contributed by atoms with Gasteiger partial charge in [-0.2, -0.15) is 0 Å². The highest BCUT2D eigenvalue weighted by molar-refractivity contribution is 4.96. The molecule has 2 rings (SSSR count). The molecule has 0 amide bonds. The van der Waals surface area contributed by atoms with Crippen LogP contribution in [0.3, 0.4) is 0 Å². The van der Waals surface area contributed by atoms with E-state index >= 15 is 0 Å². The fourth-order valence-electron chi connectivity index (χ4n) is 3.64. The van der Waals surface area contributed by atoms with E-state index in [1.807, 2.05) is 0 Å². The van der Waals surface area contributed by atoms with E-state index in [0.29, 0.717) is 5.41 Å². The van der Waals surface area contributed by atoms with E-state index < -0.39 is 0 Å². The van der Waals surface area contributed by atoms with Crippen LogP contribution >= 0.6 is 0 Å². The lowest BCUT2D eigenvalue weighted by molar-refractivity contribution is 0.243. The Hall–Kier alpha value is -0.0800. The Bertz CT molecular complexity index is 243. The van der Waals surface area contributed by atoms with Gasteiger partial charge in [0.15, 0.2) is 0 Å². The summed E-state index contributed by atoms with van der Waals surface area (Å²) in [6.07, 6.45) is 12.1. The Labute approximate surface area is 107 Å². The number of hydrogen-bond acceptors (Lipinski definition) is 2. The minimum absolute atomic E-state index is 0.253. The first-order chi connectivity index (χ1) is 8.05. The Kier molecular flexibility index (Phi) is 4.14. The fourth-order valence-corrected chi connectivity index (χ4v) is 3.64. The molecule has 2 aliphatic carbocycles. The van der Waals surface area contributed by atoms with Gasteiger partial charge < -0.3 is 11.1 Å². The number of nitrogens with two attached hydrogens (primary N) is 1. The zero-order valence-electron chi connectivity index (χ0n) is 11.7. The summed E-state index contributed by atoms with van der Waals surface area (Å²) in [6, 6.07) is 0.750. The molecule has 3 N–H and O–H groups in total. The van der Waals surface area contributed by atoms with Crippen LogP contribution in [0.25, 0.3) is 0 Å². The molecule has 0 aliphatic heterocycles. The van der Waals surface area contributed by atoms with Gasteiger partial charge in [-0.05, 0) is 43.9 Å². The molecule has 0 radical (unpaired) electrons. The summed E-state index contributed by atoms with van der Waals surface area (Å²) >= 11 is 0. The molecule has 17 heavy (non-hydrogen) atoms. The lowest BCUT2D eigenvalue weighted by atomic mass is 9.83. The molecule has 1 unspecified atom stereocenters. The van der Waals surface area contributed by atoms with Crippen LogP contribution in [0.5, 0.6) is 0 Å². The first kappa shape index (κ1) is 13.4. The molecule has 0 heterocycles. The molecule has 2 saturated carbocycles. The number of hydrogen-bond donors (Lipinski definition) is 2. The molecule has 1 atom stereocenters. The van der Waals surface area contributed by atoms with Gasteiger partial charge in [-0.1, -0.05) is 33.1 Å². The van der Waals surface area contributed by atoms with Crippen molar-refractivity contribution in [2.45, 2.75) is 83.2 Å². The summed E-state index contributed by atoms with van der Waals surface area (Å²) < 4.78 is 0. The van der Waals surface area contributed by atoms with Crippen LogP contribution in [0.4, 0.5) is 0 Å². The fraction of sp³-hybridized carbons (Fsp3) is 1.00. The van der Waals surface area contributed by atoms with E-state index in [9.17, 15) is 0 Å². The van der Waals surface area contributed by atoms with Crippen LogP contribution in [-0.4, -0.2) is 18.1 Å². The molecule has 0 aromatic rings. The van der Waals surface area contributed by atoms with Crippen molar-refractivity contribution < 1.29 is 0 Å². The van der Waals surface area contributed by atoms with Crippen LogP contribution in [0.1, 0.15) is 71.6 Å².